The van der Waals surface area contributed by atoms with Crippen LogP contribution in [0.25, 0.3) is 0 Å². The summed E-state index contributed by atoms with van der Waals surface area (Å²) in [5.74, 6) is 0.574. The van der Waals surface area contributed by atoms with E-state index in [1.54, 1.807) is 24.3 Å². The summed E-state index contributed by atoms with van der Waals surface area (Å²) in [4.78, 5) is 24.4. The fourth-order valence-electron chi connectivity index (χ4n) is 3.07. The summed E-state index contributed by atoms with van der Waals surface area (Å²) in [6, 6.07) is 14.7. The molecule has 0 heterocycles. The van der Waals surface area contributed by atoms with Crippen LogP contribution in [0, 0.1) is 0 Å². The van der Waals surface area contributed by atoms with Gasteiger partial charge in [0.15, 0.2) is 0 Å². The third kappa shape index (κ3) is 9.41. The smallest absolute Gasteiger partial charge is 0.251 e. The molecule has 2 aromatic carbocycles. The Hall–Kier alpha value is -3.02. The largest absolute Gasteiger partial charge is 0.494 e. The number of benzene rings is 2. The van der Waals surface area contributed by atoms with Gasteiger partial charge in [0.1, 0.15) is 5.75 Å². The molecule has 3 N–H and O–H groups in total. The van der Waals surface area contributed by atoms with E-state index in [1.165, 1.54) is 25.7 Å². The minimum Gasteiger partial charge on any atom is -0.494 e. The molecule has 2 rings (SSSR count). The summed E-state index contributed by atoms with van der Waals surface area (Å²) in [5.41, 5.74) is 2.08. The van der Waals surface area contributed by atoms with Gasteiger partial charge in [-0.1, -0.05) is 39.5 Å². The zero-order valence-corrected chi connectivity index (χ0v) is 19.6. The van der Waals surface area contributed by atoms with E-state index < -0.39 is 0 Å². The van der Waals surface area contributed by atoms with E-state index in [9.17, 15) is 9.59 Å². The molecule has 6 heteroatoms. The van der Waals surface area contributed by atoms with Crippen LogP contribution >= 0.6 is 0 Å². The highest BCUT2D eigenvalue weighted by Crippen LogP contribution is 2.16. The molecule has 32 heavy (non-hydrogen) atoms. The van der Waals surface area contributed by atoms with Crippen molar-refractivity contribution < 1.29 is 14.3 Å². The van der Waals surface area contributed by atoms with E-state index in [1.807, 2.05) is 38.1 Å². The molecule has 0 aliphatic heterocycles. The maximum atomic E-state index is 12.2. The van der Waals surface area contributed by atoms with E-state index in [-0.39, 0.29) is 24.4 Å². The lowest BCUT2D eigenvalue weighted by atomic mass is 10.1. The van der Waals surface area contributed by atoms with Crippen LogP contribution in [-0.4, -0.2) is 31.0 Å². The number of anilines is 2. The highest BCUT2D eigenvalue weighted by molar-refractivity contribution is 5.96. The Bertz CT molecular complexity index is 819. The molecule has 0 aliphatic rings. The molecule has 0 saturated heterocycles. The molecule has 0 radical (unpaired) electrons. The molecule has 0 spiro atoms. The topological polar surface area (TPSA) is 79.5 Å². The number of nitrogens with one attached hydrogen (secondary N) is 3. The number of hydrogen-bond acceptors (Lipinski definition) is 4. The monoisotopic (exact) mass is 439 g/mol. The lowest BCUT2D eigenvalue weighted by Crippen LogP contribution is -2.31. The van der Waals surface area contributed by atoms with Crippen LogP contribution in [0.15, 0.2) is 48.5 Å². The van der Waals surface area contributed by atoms with Crippen molar-refractivity contribution in [2.75, 3.05) is 23.8 Å². The summed E-state index contributed by atoms with van der Waals surface area (Å²) in [5, 5.41) is 8.87. The molecule has 2 aromatic rings. The molecule has 174 valence electrons. The second kappa shape index (κ2) is 14.1. The average Bonchev–Trinajstić information content (AvgIpc) is 2.81. The van der Waals surface area contributed by atoms with Crippen LogP contribution in [0.4, 0.5) is 11.4 Å². The predicted molar refractivity (Wildman–Crippen MR) is 131 cm³/mol. The summed E-state index contributed by atoms with van der Waals surface area (Å²) in [6.45, 7) is 7.08. The predicted octanol–water partition coefficient (Wildman–Crippen LogP) is 5.61. The van der Waals surface area contributed by atoms with Gasteiger partial charge in [-0.25, -0.2) is 0 Å². The Morgan fingerprint density at radius 2 is 1.53 bits per heavy atom. The van der Waals surface area contributed by atoms with Gasteiger partial charge in [-0.2, -0.15) is 0 Å². The Morgan fingerprint density at radius 1 is 0.875 bits per heavy atom. The molecule has 6 nitrogen and oxygen atoms in total. The van der Waals surface area contributed by atoms with E-state index in [2.05, 4.69) is 22.9 Å². The molecular formula is C26H37N3O3. The van der Waals surface area contributed by atoms with Crippen molar-refractivity contribution in [3.63, 3.8) is 0 Å². The zero-order chi connectivity index (χ0) is 23.2. The number of hydrogen-bond donors (Lipinski definition) is 3. The van der Waals surface area contributed by atoms with Crippen LogP contribution in [-0.2, 0) is 4.79 Å². The van der Waals surface area contributed by atoms with Crippen molar-refractivity contribution in [1.82, 2.24) is 5.32 Å². The first-order valence-electron chi connectivity index (χ1n) is 11.7. The SMILES string of the molecule is CCCCCCCOc1ccc(NCC(=O)Nc2ccc(C(=O)NC(C)CC)cc2)cc1. The highest BCUT2D eigenvalue weighted by atomic mass is 16.5. The highest BCUT2D eigenvalue weighted by Gasteiger charge is 2.09. The number of unbranched alkanes of at least 4 members (excludes halogenated alkanes) is 4. The molecule has 1 unspecified atom stereocenters. The molecule has 0 aromatic heterocycles. The van der Waals surface area contributed by atoms with Crippen molar-refractivity contribution in [1.29, 1.82) is 0 Å². The lowest BCUT2D eigenvalue weighted by Gasteiger charge is -2.12. The van der Waals surface area contributed by atoms with Crippen LogP contribution in [0.1, 0.15) is 69.7 Å². The number of amides is 2. The van der Waals surface area contributed by atoms with Gasteiger partial charge in [-0.15, -0.1) is 0 Å². The molecule has 0 fully saturated rings. The number of rotatable bonds is 14. The van der Waals surface area contributed by atoms with E-state index >= 15 is 0 Å². The van der Waals surface area contributed by atoms with Crippen LogP contribution in [0.3, 0.4) is 0 Å². The number of ether oxygens (including phenoxy) is 1. The van der Waals surface area contributed by atoms with Crippen molar-refractivity contribution in [3.05, 3.63) is 54.1 Å². The Morgan fingerprint density at radius 3 is 2.19 bits per heavy atom. The molecule has 0 aliphatic carbocycles. The van der Waals surface area contributed by atoms with Gasteiger partial charge in [-0.3, -0.25) is 9.59 Å². The maximum Gasteiger partial charge on any atom is 0.251 e. The fourth-order valence-corrected chi connectivity index (χ4v) is 3.07. The van der Waals surface area contributed by atoms with Gasteiger partial charge >= 0.3 is 0 Å². The first-order valence-corrected chi connectivity index (χ1v) is 11.7. The first-order chi connectivity index (χ1) is 15.5. The maximum absolute atomic E-state index is 12.2. The second-order valence-electron chi connectivity index (χ2n) is 8.05. The Balaban J connectivity index is 1.70. The summed E-state index contributed by atoms with van der Waals surface area (Å²) in [7, 11) is 0. The molecule has 2 amide bonds. The van der Waals surface area contributed by atoms with Gasteiger partial charge in [0.25, 0.3) is 5.91 Å². The fraction of sp³-hybridized carbons (Fsp3) is 0.462. The van der Waals surface area contributed by atoms with Crippen molar-refractivity contribution >= 4 is 23.2 Å². The van der Waals surface area contributed by atoms with Crippen LogP contribution < -0.4 is 20.7 Å². The van der Waals surface area contributed by atoms with Crippen LogP contribution in [0.5, 0.6) is 5.75 Å². The van der Waals surface area contributed by atoms with E-state index in [0.717, 1.165) is 30.9 Å². The van der Waals surface area contributed by atoms with Crippen LogP contribution in [0.2, 0.25) is 0 Å². The Kier molecular flexibility index (Phi) is 11.1. The molecule has 0 saturated carbocycles. The first kappa shape index (κ1) is 25.2. The van der Waals surface area contributed by atoms with E-state index in [0.29, 0.717) is 11.3 Å². The quantitative estimate of drug-likeness (QED) is 0.334. The summed E-state index contributed by atoms with van der Waals surface area (Å²) < 4.78 is 5.76. The average molecular weight is 440 g/mol. The standard InChI is InChI=1S/C26H37N3O3/c1-4-6-7-8-9-18-32-24-16-14-22(15-17-24)27-19-25(30)29-23-12-10-21(11-13-23)26(31)28-20(3)5-2/h10-17,20,27H,4-9,18-19H2,1-3H3,(H,28,31)(H,29,30). The zero-order valence-electron chi connectivity index (χ0n) is 19.6. The van der Waals surface area contributed by atoms with Gasteiger partial charge in [0.05, 0.1) is 13.2 Å². The second-order valence-corrected chi connectivity index (χ2v) is 8.05. The third-order valence-electron chi connectivity index (χ3n) is 5.24. The normalized spacial score (nSPS) is 11.5. The molecular weight excluding hydrogens is 402 g/mol. The lowest BCUT2D eigenvalue weighted by molar-refractivity contribution is -0.114. The van der Waals surface area contributed by atoms with Gasteiger partial charge in [0.2, 0.25) is 5.91 Å². The minimum absolute atomic E-state index is 0.109. The third-order valence-corrected chi connectivity index (χ3v) is 5.24. The van der Waals surface area contributed by atoms with Gasteiger partial charge in [0, 0.05) is 23.0 Å². The van der Waals surface area contributed by atoms with Crippen molar-refractivity contribution in [2.45, 2.75) is 65.3 Å². The number of carbonyl (C=O) groups is 2. The van der Waals surface area contributed by atoms with E-state index in [4.69, 9.17) is 4.74 Å². The van der Waals surface area contributed by atoms with Crippen molar-refractivity contribution in [3.8, 4) is 5.75 Å². The van der Waals surface area contributed by atoms with Gasteiger partial charge < -0.3 is 20.7 Å². The minimum atomic E-state index is -0.158. The summed E-state index contributed by atoms with van der Waals surface area (Å²) >= 11 is 0. The molecule has 1 atom stereocenters. The Labute approximate surface area is 192 Å². The molecule has 0 bridgehead atoms. The number of carbonyl (C=O) groups excluding carboxylic acids is 2. The summed E-state index contributed by atoms with van der Waals surface area (Å²) in [6.07, 6.45) is 6.95. The van der Waals surface area contributed by atoms with Gasteiger partial charge in [-0.05, 0) is 68.3 Å². The van der Waals surface area contributed by atoms with Crippen molar-refractivity contribution in [2.24, 2.45) is 0 Å².